The minimum absolute atomic E-state index is 0.0301. The van der Waals surface area contributed by atoms with Gasteiger partial charge in [0.25, 0.3) is 0 Å². The first-order chi connectivity index (χ1) is 9.14. The summed E-state index contributed by atoms with van der Waals surface area (Å²) in [4.78, 5) is 12.4. The van der Waals surface area contributed by atoms with Crippen LogP contribution in [-0.2, 0) is 9.53 Å². The first-order valence-electron chi connectivity index (χ1n) is 7.82. The first kappa shape index (κ1) is 12.2. The molecule has 5 fully saturated rings. The molecular weight excluding hydrogens is 240 g/mol. The van der Waals surface area contributed by atoms with Gasteiger partial charge in [0.15, 0.2) is 0 Å². The first-order valence-corrected chi connectivity index (χ1v) is 7.82. The van der Waals surface area contributed by atoms with Gasteiger partial charge in [0.1, 0.15) is 5.54 Å². The number of ether oxygens (including phenoxy) is 1. The van der Waals surface area contributed by atoms with Crippen LogP contribution < -0.4 is 11.1 Å². The summed E-state index contributed by atoms with van der Waals surface area (Å²) in [6.07, 6.45) is 7.41. The van der Waals surface area contributed by atoms with E-state index in [1.165, 1.54) is 32.1 Å². The number of hydrogen-bond acceptors (Lipinski definition) is 3. The molecule has 4 nitrogen and oxygen atoms in total. The molecule has 4 heteroatoms. The number of amides is 1. The molecule has 19 heavy (non-hydrogen) atoms. The Bertz CT molecular complexity index is 362. The predicted molar refractivity (Wildman–Crippen MR) is 71.3 cm³/mol. The molecule has 1 unspecified atom stereocenters. The van der Waals surface area contributed by atoms with E-state index in [1.807, 2.05) is 0 Å². The molecule has 1 heterocycles. The lowest BCUT2D eigenvalue weighted by Gasteiger charge is -2.54. The molecule has 0 aromatic carbocycles. The largest absolute Gasteiger partial charge is 0.379 e. The summed E-state index contributed by atoms with van der Waals surface area (Å²) in [5, 5.41) is 3.30. The summed E-state index contributed by atoms with van der Waals surface area (Å²) in [7, 11) is 0. The average molecular weight is 264 g/mol. The lowest BCUT2D eigenvalue weighted by atomic mass is 9.54. The van der Waals surface area contributed by atoms with Crippen molar-refractivity contribution in [2.75, 3.05) is 13.2 Å². The standard InChI is InChI=1S/C15H24N2O2/c16-15(1-2-19-8-15)14(18)17-13-11-4-9-3-10(6-11)7-12(13)5-9/h9-13H,1-8,16H2,(H,17,18). The molecule has 1 amide bonds. The second-order valence-corrected chi connectivity index (χ2v) is 7.39. The van der Waals surface area contributed by atoms with E-state index >= 15 is 0 Å². The van der Waals surface area contributed by atoms with Crippen molar-refractivity contribution < 1.29 is 9.53 Å². The zero-order valence-corrected chi connectivity index (χ0v) is 11.4. The van der Waals surface area contributed by atoms with E-state index in [4.69, 9.17) is 10.5 Å². The number of rotatable bonds is 2. The highest BCUT2D eigenvalue weighted by Crippen LogP contribution is 2.53. The van der Waals surface area contributed by atoms with Gasteiger partial charge in [-0.25, -0.2) is 0 Å². The molecule has 4 bridgehead atoms. The van der Waals surface area contributed by atoms with E-state index in [0.29, 0.717) is 37.5 Å². The van der Waals surface area contributed by atoms with Gasteiger partial charge < -0.3 is 15.8 Å². The minimum atomic E-state index is -0.769. The number of carbonyl (C=O) groups is 1. The minimum Gasteiger partial charge on any atom is -0.379 e. The second-order valence-electron chi connectivity index (χ2n) is 7.39. The third kappa shape index (κ3) is 1.91. The number of hydrogen-bond donors (Lipinski definition) is 2. The van der Waals surface area contributed by atoms with Crippen molar-refractivity contribution in [1.29, 1.82) is 0 Å². The predicted octanol–water partition coefficient (Wildman–Crippen LogP) is 1.05. The molecule has 4 saturated carbocycles. The van der Waals surface area contributed by atoms with Gasteiger partial charge in [0.05, 0.1) is 6.61 Å². The molecular formula is C15H24N2O2. The molecule has 0 aromatic heterocycles. The Balaban J connectivity index is 1.47. The van der Waals surface area contributed by atoms with Crippen LogP contribution >= 0.6 is 0 Å². The summed E-state index contributed by atoms with van der Waals surface area (Å²) in [6.45, 7) is 0.998. The highest BCUT2D eigenvalue weighted by molar-refractivity contribution is 5.86. The van der Waals surface area contributed by atoms with Crippen molar-refractivity contribution in [1.82, 2.24) is 5.32 Å². The van der Waals surface area contributed by atoms with Crippen molar-refractivity contribution in [3.63, 3.8) is 0 Å². The van der Waals surface area contributed by atoms with E-state index in [9.17, 15) is 4.79 Å². The van der Waals surface area contributed by atoms with E-state index in [0.717, 1.165) is 11.8 Å². The topological polar surface area (TPSA) is 64.4 Å². The summed E-state index contributed by atoms with van der Waals surface area (Å²) < 4.78 is 5.30. The third-order valence-corrected chi connectivity index (χ3v) is 6.03. The normalized spacial score (nSPS) is 51.5. The van der Waals surface area contributed by atoms with Crippen LogP contribution in [0.2, 0.25) is 0 Å². The van der Waals surface area contributed by atoms with E-state index in [1.54, 1.807) is 0 Å². The summed E-state index contributed by atoms with van der Waals surface area (Å²) in [6, 6.07) is 0.390. The molecule has 5 aliphatic rings. The Morgan fingerprint density at radius 1 is 1.11 bits per heavy atom. The number of nitrogens with two attached hydrogens (primary N) is 1. The van der Waals surface area contributed by atoms with Gasteiger partial charge in [0, 0.05) is 12.6 Å². The Hall–Kier alpha value is -0.610. The SMILES string of the molecule is NC1(C(=O)NC2C3CC4CC(C3)CC2C4)CCOC1. The van der Waals surface area contributed by atoms with Crippen molar-refractivity contribution in [2.45, 2.75) is 50.1 Å². The van der Waals surface area contributed by atoms with Gasteiger partial charge >= 0.3 is 0 Å². The maximum atomic E-state index is 12.4. The molecule has 1 saturated heterocycles. The number of carbonyl (C=O) groups excluding carboxylic acids is 1. The lowest BCUT2D eigenvalue weighted by Crippen LogP contribution is -2.62. The zero-order chi connectivity index (χ0) is 13.0. The van der Waals surface area contributed by atoms with Crippen LogP contribution in [0.4, 0.5) is 0 Å². The van der Waals surface area contributed by atoms with Crippen molar-refractivity contribution in [2.24, 2.45) is 29.4 Å². The van der Waals surface area contributed by atoms with Gasteiger partial charge in [0.2, 0.25) is 5.91 Å². The summed E-state index contributed by atoms with van der Waals surface area (Å²) >= 11 is 0. The van der Waals surface area contributed by atoms with Crippen molar-refractivity contribution in [3.8, 4) is 0 Å². The molecule has 0 radical (unpaired) electrons. The fourth-order valence-electron chi connectivity index (χ4n) is 5.22. The van der Waals surface area contributed by atoms with Crippen LogP contribution in [-0.4, -0.2) is 30.7 Å². The molecule has 3 N–H and O–H groups in total. The van der Waals surface area contributed by atoms with Crippen LogP contribution in [0.5, 0.6) is 0 Å². The Labute approximate surface area is 114 Å². The fourth-order valence-corrected chi connectivity index (χ4v) is 5.22. The zero-order valence-electron chi connectivity index (χ0n) is 11.4. The van der Waals surface area contributed by atoms with Crippen LogP contribution in [0.15, 0.2) is 0 Å². The lowest BCUT2D eigenvalue weighted by molar-refractivity contribution is -0.130. The van der Waals surface area contributed by atoms with Crippen molar-refractivity contribution >= 4 is 5.91 Å². The number of nitrogens with one attached hydrogen (secondary N) is 1. The third-order valence-electron chi connectivity index (χ3n) is 6.03. The monoisotopic (exact) mass is 264 g/mol. The van der Waals surface area contributed by atoms with Gasteiger partial charge in [-0.2, -0.15) is 0 Å². The van der Waals surface area contributed by atoms with Crippen LogP contribution in [0.1, 0.15) is 38.5 Å². The Kier molecular flexibility index (Phi) is 2.68. The molecule has 0 spiro atoms. The molecule has 4 aliphatic carbocycles. The van der Waals surface area contributed by atoms with Gasteiger partial charge in [-0.05, 0) is 62.2 Å². The Morgan fingerprint density at radius 2 is 1.74 bits per heavy atom. The van der Waals surface area contributed by atoms with E-state index < -0.39 is 5.54 Å². The highest BCUT2D eigenvalue weighted by Gasteiger charge is 2.50. The van der Waals surface area contributed by atoms with Crippen LogP contribution in [0.3, 0.4) is 0 Å². The Morgan fingerprint density at radius 3 is 2.26 bits per heavy atom. The molecule has 5 rings (SSSR count). The second kappa shape index (κ2) is 4.19. The van der Waals surface area contributed by atoms with Crippen molar-refractivity contribution in [3.05, 3.63) is 0 Å². The van der Waals surface area contributed by atoms with Gasteiger partial charge in [-0.3, -0.25) is 4.79 Å². The molecule has 106 valence electrons. The summed E-state index contributed by atoms with van der Waals surface area (Å²) in [5.41, 5.74) is 5.40. The van der Waals surface area contributed by atoms with Crippen LogP contribution in [0, 0.1) is 23.7 Å². The maximum Gasteiger partial charge on any atom is 0.242 e. The van der Waals surface area contributed by atoms with E-state index in [2.05, 4.69) is 5.32 Å². The molecule has 1 aliphatic heterocycles. The summed E-state index contributed by atoms with van der Waals surface area (Å²) in [5.74, 6) is 3.34. The quantitative estimate of drug-likeness (QED) is 0.783. The van der Waals surface area contributed by atoms with E-state index in [-0.39, 0.29) is 5.91 Å². The maximum absolute atomic E-state index is 12.4. The fraction of sp³-hybridized carbons (Fsp3) is 0.933. The van der Waals surface area contributed by atoms with Gasteiger partial charge in [-0.1, -0.05) is 0 Å². The molecule has 1 atom stereocenters. The van der Waals surface area contributed by atoms with Gasteiger partial charge in [-0.15, -0.1) is 0 Å². The highest BCUT2D eigenvalue weighted by atomic mass is 16.5. The average Bonchev–Trinajstić information content (AvgIpc) is 2.81. The van der Waals surface area contributed by atoms with Crippen LogP contribution in [0.25, 0.3) is 0 Å². The smallest absolute Gasteiger partial charge is 0.242 e. The molecule has 0 aromatic rings.